The number of nitrogens with zero attached hydrogens (tertiary/aromatic N) is 1. The van der Waals surface area contributed by atoms with Crippen LogP contribution in [-0.2, 0) is 9.53 Å². The number of hydrogen-bond acceptors (Lipinski definition) is 3. The van der Waals surface area contributed by atoms with E-state index in [0.29, 0.717) is 0 Å². The van der Waals surface area contributed by atoms with Crippen LogP contribution in [0.15, 0.2) is 65.8 Å². The van der Waals surface area contributed by atoms with E-state index in [0.717, 1.165) is 11.1 Å². The van der Waals surface area contributed by atoms with Crippen molar-refractivity contribution in [3.8, 4) is 0 Å². The van der Waals surface area contributed by atoms with E-state index in [1.165, 1.54) is 7.11 Å². The molecule has 0 radical (unpaired) electrons. The van der Waals surface area contributed by atoms with Crippen molar-refractivity contribution in [3.05, 3.63) is 71.8 Å². The lowest BCUT2D eigenvalue weighted by Gasteiger charge is -2.13. The van der Waals surface area contributed by atoms with Gasteiger partial charge >= 0.3 is 0 Å². The minimum absolute atomic E-state index is 0.300. The van der Waals surface area contributed by atoms with Crippen molar-refractivity contribution in [3.63, 3.8) is 0 Å². The van der Waals surface area contributed by atoms with Gasteiger partial charge in [-0.05, 0) is 11.1 Å². The number of hydrazone groups is 1. The van der Waals surface area contributed by atoms with Crippen LogP contribution >= 0.6 is 0 Å². The summed E-state index contributed by atoms with van der Waals surface area (Å²) in [6.07, 6.45) is 0.930. The molecule has 1 atom stereocenters. The fraction of sp³-hybridized carbons (Fsp3) is 0.125. The van der Waals surface area contributed by atoms with Crippen LogP contribution < -0.4 is 5.43 Å². The second-order valence-corrected chi connectivity index (χ2v) is 4.17. The molecule has 4 nitrogen and oxygen atoms in total. The molecule has 0 aliphatic heterocycles. The largest absolute Gasteiger partial charge is 0.367 e. The molecule has 0 heterocycles. The SMILES string of the molecule is COC(C(=O)NN=Cc1ccccc1)c1ccccc1. The lowest BCUT2D eigenvalue weighted by molar-refractivity contribution is -0.131. The van der Waals surface area contributed by atoms with Crippen LogP contribution in [0.4, 0.5) is 0 Å². The van der Waals surface area contributed by atoms with Crippen molar-refractivity contribution in [2.75, 3.05) is 7.11 Å². The number of methoxy groups -OCH3 is 1. The Bertz CT molecular complexity index is 568. The number of carbonyl (C=O) groups excluding carboxylic acids is 1. The van der Waals surface area contributed by atoms with Gasteiger partial charge in [0.05, 0.1) is 6.21 Å². The summed E-state index contributed by atoms with van der Waals surface area (Å²) in [6.45, 7) is 0. The van der Waals surface area contributed by atoms with Crippen LogP contribution in [0.2, 0.25) is 0 Å². The number of carbonyl (C=O) groups is 1. The molecule has 0 saturated carbocycles. The van der Waals surface area contributed by atoms with Gasteiger partial charge in [-0.1, -0.05) is 60.7 Å². The number of rotatable bonds is 5. The highest BCUT2D eigenvalue weighted by Crippen LogP contribution is 2.15. The van der Waals surface area contributed by atoms with E-state index in [-0.39, 0.29) is 5.91 Å². The quantitative estimate of drug-likeness (QED) is 0.669. The van der Waals surface area contributed by atoms with E-state index in [9.17, 15) is 4.79 Å². The summed E-state index contributed by atoms with van der Waals surface area (Å²) >= 11 is 0. The van der Waals surface area contributed by atoms with Crippen LogP contribution in [0.5, 0.6) is 0 Å². The number of amides is 1. The normalized spacial score (nSPS) is 12.2. The molecule has 20 heavy (non-hydrogen) atoms. The highest BCUT2D eigenvalue weighted by atomic mass is 16.5. The molecule has 4 heteroatoms. The van der Waals surface area contributed by atoms with Crippen molar-refractivity contribution >= 4 is 12.1 Å². The van der Waals surface area contributed by atoms with Crippen molar-refractivity contribution in [1.82, 2.24) is 5.43 Å². The van der Waals surface area contributed by atoms with Gasteiger partial charge in [0, 0.05) is 7.11 Å². The molecule has 0 fully saturated rings. The molecule has 0 aliphatic carbocycles. The van der Waals surface area contributed by atoms with Gasteiger partial charge in [0.2, 0.25) is 0 Å². The fourth-order valence-corrected chi connectivity index (χ4v) is 1.79. The average molecular weight is 268 g/mol. The Morgan fingerprint density at radius 3 is 2.30 bits per heavy atom. The third-order valence-electron chi connectivity index (χ3n) is 2.76. The standard InChI is InChI=1S/C16H16N2O2/c1-20-15(14-10-6-3-7-11-14)16(19)18-17-12-13-8-4-2-5-9-13/h2-12,15H,1H3,(H,18,19). The van der Waals surface area contributed by atoms with E-state index in [1.54, 1.807) is 6.21 Å². The van der Waals surface area contributed by atoms with Crippen molar-refractivity contribution in [1.29, 1.82) is 0 Å². The first-order chi connectivity index (χ1) is 9.81. The zero-order valence-electron chi connectivity index (χ0n) is 11.2. The van der Waals surface area contributed by atoms with Gasteiger partial charge in [-0.3, -0.25) is 4.79 Å². The number of hydrogen-bond donors (Lipinski definition) is 1. The van der Waals surface area contributed by atoms with Crippen LogP contribution in [-0.4, -0.2) is 19.2 Å². The van der Waals surface area contributed by atoms with Crippen LogP contribution in [0.1, 0.15) is 17.2 Å². The second kappa shape index (κ2) is 7.21. The zero-order valence-corrected chi connectivity index (χ0v) is 11.2. The van der Waals surface area contributed by atoms with E-state index >= 15 is 0 Å². The average Bonchev–Trinajstić information content (AvgIpc) is 2.50. The topological polar surface area (TPSA) is 50.7 Å². The van der Waals surface area contributed by atoms with Gasteiger partial charge in [0.25, 0.3) is 5.91 Å². The maximum atomic E-state index is 12.0. The lowest BCUT2D eigenvalue weighted by atomic mass is 10.1. The van der Waals surface area contributed by atoms with Gasteiger partial charge in [0.15, 0.2) is 6.10 Å². The Kier molecular flexibility index (Phi) is 5.03. The molecule has 1 amide bonds. The van der Waals surface area contributed by atoms with Crippen LogP contribution in [0.25, 0.3) is 0 Å². The first-order valence-corrected chi connectivity index (χ1v) is 6.27. The van der Waals surface area contributed by atoms with Gasteiger partial charge in [-0.25, -0.2) is 5.43 Å². The minimum atomic E-state index is -0.663. The molecule has 1 unspecified atom stereocenters. The van der Waals surface area contributed by atoms with Crippen LogP contribution in [0.3, 0.4) is 0 Å². The summed E-state index contributed by atoms with van der Waals surface area (Å²) in [5, 5.41) is 3.93. The Balaban J connectivity index is 1.99. The molecular formula is C16H16N2O2. The summed E-state index contributed by atoms with van der Waals surface area (Å²) < 4.78 is 5.21. The molecule has 0 aromatic heterocycles. The predicted molar refractivity (Wildman–Crippen MR) is 78.4 cm³/mol. The fourth-order valence-electron chi connectivity index (χ4n) is 1.79. The number of benzene rings is 2. The number of nitrogens with one attached hydrogen (secondary N) is 1. The highest BCUT2D eigenvalue weighted by molar-refractivity contribution is 5.85. The molecule has 2 rings (SSSR count). The first kappa shape index (κ1) is 14.0. The van der Waals surface area contributed by atoms with Gasteiger partial charge in [-0.15, -0.1) is 0 Å². The maximum absolute atomic E-state index is 12.0. The minimum Gasteiger partial charge on any atom is -0.367 e. The van der Waals surface area contributed by atoms with Crippen molar-refractivity contribution in [2.45, 2.75) is 6.10 Å². The van der Waals surface area contributed by atoms with E-state index < -0.39 is 6.10 Å². The molecule has 0 bridgehead atoms. The molecule has 2 aromatic rings. The second-order valence-electron chi connectivity index (χ2n) is 4.17. The summed E-state index contributed by atoms with van der Waals surface area (Å²) in [5.74, 6) is -0.300. The smallest absolute Gasteiger partial charge is 0.273 e. The monoisotopic (exact) mass is 268 g/mol. The van der Waals surface area contributed by atoms with Crippen molar-refractivity contribution < 1.29 is 9.53 Å². The summed E-state index contributed by atoms with van der Waals surface area (Å²) in [7, 11) is 1.50. The highest BCUT2D eigenvalue weighted by Gasteiger charge is 2.18. The molecule has 0 aliphatic rings. The predicted octanol–water partition coefficient (Wildman–Crippen LogP) is 2.52. The van der Waals surface area contributed by atoms with Gasteiger partial charge < -0.3 is 4.74 Å². The van der Waals surface area contributed by atoms with Gasteiger partial charge in [0.1, 0.15) is 0 Å². The molecule has 2 aromatic carbocycles. The Labute approximate surface area is 118 Å². The molecule has 102 valence electrons. The van der Waals surface area contributed by atoms with Gasteiger partial charge in [-0.2, -0.15) is 5.10 Å². The third kappa shape index (κ3) is 3.76. The molecule has 0 saturated heterocycles. The molecule has 1 N–H and O–H groups in total. The van der Waals surface area contributed by atoms with Crippen molar-refractivity contribution in [2.24, 2.45) is 5.10 Å². The summed E-state index contributed by atoms with van der Waals surface area (Å²) in [5.41, 5.74) is 4.20. The Hall–Kier alpha value is -2.46. The molecule has 0 spiro atoms. The first-order valence-electron chi connectivity index (χ1n) is 6.27. The van der Waals surface area contributed by atoms with E-state index in [2.05, 4.69) is 10.5 Å². The van der Waals surface area contributed by atoms with E-state index in [4.69, 9.17) is 4.74 Å². The maximum Gasteiger partial charge on any atom is 0.273 e. The third-order valence-corrected chi connectivity index (χ3v) is 2.76. The lowest BCUT2D eigenvalue weighted by Crippen LogP contribution is -2.26. The number of ether oxygens (including phenoxy) is 1. The zero-order chi connectivity index (χ0) is 14.2. The Morgan fingerprint density at radius 2 is 1.70 bits per heavy atom. The Morgan fingerprint density at radius 1 is 1.10 bits per heavy atom. The summed E-state index contributed by atoms with van der Waals surface area (Å²) in [6, 6.07) is 18.8. The van der Waals surface area contributed by atoms with Crippen LogP contribution in [0, 0.1) is 0 Å². The molecular weight excluding hydrogens is 252 g/mol. The van der Waals surface area contributed by atoms with E-state index in [1.807, 2.05) is 60.7 Å². The summed E-state index contributed by atoms with van der Waals surface area (Å²) in [4.78, 5) is 12.0.